The fraction of sp³-hybridized carbons (Fsp3) is 0.148. The van der Waals surface area contributed by atoms with Crippen molar-refractivity contribution in [2.45, 2.75) is 26.5 Å². The molecule has 3 aromatic carbocycles. The highest BCUT2D eigenvalue weighted by molar-refractivity contribution is 5.84. The van der Waals surface area contributed by atoms with Gasteiger partial charge in [0.1, 0.15) is 35.5 Å². The van der Waals surface area contributed by atoms with E-state index in [9.17, 15) is 14.4 Å². The molecule has 0 saturated heterocycles. The van der Waals surface area contributed by atoms with Gasteiger partial charge >= 0.3 is 12.1 Å². The van der Waals surface area contributed by atoms with E-state index >= 15 is 0 Å². The second-order valence-electron chi connectivity index (χ2n) is 7.74. The number of esters is 1. The van der Waals surface area contributed by atoms with Crippen LogP contribution in [0.1, 0.15) is 18.2 Å². The smallest absolute Gasteiger partial charge is 0.408 e. The maximum Gasteiger partial charge on any atom is 0.408 e. The monoisotopic (exact) mass is 473 g/mol. The summed E-state index contributed by atoms with van der Waals surface area (Å²) in [5, 5.41) is 2.71. The zero-order valence-corrected chi connectivity index (χ0v) is 19.1. The number of rotatable bonds is 7. The Balaban J connectivity index is 1.41. The molecule has 0 aliphatic heterocycles. The topological polar surface area (TPSA) is 104 Å². The predicted molar refractivity (Wildman–Crippen MR) is 129 cm³/mol. The molecule has 0 fully saturated rings. The molecule has 0 radical (unpaired) electrons. The second kappa shape index (κ2) is 10.6. The highest BCUT2D eigenvalue weighted by atomic mass is 16.6. The first-order valence-corrected chi connectivity index (χ1v) is 10.9. The number of alkyl carbamates (subject to hydrolysis) is 1. The molecule has 1 aromatic heterocycles. The van der Waals surface area contributed by atoms with Crippen LogP contribution in [0.25, 0.3) is 11.0 Å². The summed E-state index contributed by atoms with van der Waals surface area (Å²) in [4.78, 5) is 37.4. The van der Waals surface area contributed by atoms with E-state index in [-0.39, 0.29) is 40.3 Å². The van der Waals surface area contributed by atoms with E-state index in [4.69, 9.17) is 18.6 Å². The molecule has 4 rings (SSSR count). The van der Waals surface area contributed by atoms with E-state index in [1.165, 1.54) is 25.1 Å². The molecule has 1 heterocycles. The van der Waals surface area contributed by atoms with Gasteiger partial charge in [-0.2, -0.15) is 0 Å². The van der Waals surface area contributed by atoms with Gasteiger partial charge in [0.15, 0.2) is 0 Å². The lowest BCUT2D eigenvalue weighted by atomic mass is 10.2. The van der Waals surface area contributed by atoms with Crippen LogP contribution in [0, 0.1) is 6.92 Å². The molecule has 1 N–H and O–H groups in total. The molecule has 0 aliphatic carbocycles. The summed E-state index contributed by atoms with van der Waals surface area (Å²) in [6.45, 7) is 3.17. The van der Waals surface area contributed by atoms with E-state index in [1.54, 1.807) is 31.2 Å². The number of para-hydroxylation sites is 1. The maximum absolute atomic E-state index is 12.9. The van der Waals surface area contributed by atoms with Crippen LogP contribution < -0.4 is 20.2 Å². The largest absolute Gasteiger partial charge is 0.457 e. The van der Waals surface area contributed by atoms with Crippen LogP contribution in [0.5, 0.6) is 17.2 Å². The van der Waals surface area contributed by atoms with Crippen molar-refractivity contribution in [3.8, 4) is 17.2 Å². The number of carbonyl (C=O) groups is 2. The fourth-order valence-electron chi connectivity index (χ4n) is 3.26. The number of hydrogen-bond donors (Lipinski definition) is 1. The van der Waals surface area contributed by atoms with Gasteiger partial charge in [0.05, 0.1) is 5.39 Å². The molecule has 1 amide bonds. The summed E-state index contributed by atoms with van der Waals surface area (Å²) in [7, 11) is 0. The third-order valence-electron chi connectivity index (χ3n) is 5.07. The number of amides is 1. The van der Waals surface area contributed by atoms with E-state index in [1.807, 2.05) is 36.4 Å². The molecule has 178 valence electrons. The summed E-state index contributed by atoms with van der Waals surface area (Å²) in [6, 6.07) is 21.5. The first-order valence-electron chi connectivity index (χ1n) is 10.9. The van der Waals surface area contributed by atoms with Crippen molar-refractivity contribution in [2.75, 3.05) is 0 Å². The van der Waals surface area contributed by atoms with Crippen molar-refractivity contribution in [3.63, 3.8) is 0 Å². The Labute approximate surface area is 201 Å². The molecular weight excluding hydrogens is 450 g/mol. The summed E-state index contributed by atoms with van der Waals surface area (Å²) in [5.41, 5.74) is 0.714. The normalized spacial score (nSPS) is 11.5. The minimum absolute atomic E-state index is 0.0769. The Bertz CT molecular complexity index is 1400. The molecule has 0 saturated carbocycles. The molecular formula is C27H23NO7. The van der Waals surface area contributed by atoms with Crippen molar-refractivity contribution in [2.24, 2.45) is 0 Å². The molecule has 0 unspecified atom stereocenters. The minimum Gasteiger partial charge on any atom is -0.457 e. The van der Waals surface area contributed by atoms with E-state index < -0.39 is 18.1 Å². The van der Waals surface area contributed by atoms with Crippen LogP contribution in [0.3, 0.4) is 0 Å². The Morgan fingerprint density at radius 1 is 0.943 bits per heavy atom. The molecule has 8 nitrogen and oxygen atoms in total. The minimum atomic E-state index is -0.968. The van der Waals surface area contributed by atoms with E-state index in [0.717, 1.165) is 5.56 Å². The highest BCUT2D eigenvalue weighted by Gasteiger charge is 2.20. The average molecular weight is 473 g/mol. The van der Waals surface area contributed by atoms with Crippen molar-refractivity contribution >= 4 is 23.0 Å². The lowest BCUT2D eigenvalue weighted by molar-refractivity contribution is -0.136. The predicted octanol–water partition coefficient (Wildman–Crippen LogP) is 5.11. The summed E-state index contributed by atoms with van der Waals surface area (Å²) in [6.07, 6.45) is -0.746. The summed E-state index contributed by atoms with van der Waals surface area (Å²) >= 11 is 0. The Morgan fingerprint density at radius 2 is 1.63 bits per heavy atom. The van der Waals surface area contributed by atoms with Crippen molar-refractivity contribution in [1.82, 2.24) is 5.32 Å². The van der Waals surface area contributed by atoms with Gasteiger partial charge in [-0.3, -0.25) is 4.79 Å². The Kier molecular flexibility index (Phi) is 7.11. The zero-order valence-electron chi connectivity index (χ0n) is 19.1. The lowest BCUT2D eigenvalue weighted by Crippen LogP contribution is -2.41. The van der Waals surface area contributed by atoms with Crippen LogP contribution in [-0.2, 0) is 16.1 Å². The quantitative estimate of drug-likeness (QED) is 0.294. The van der Waals surface area contributed by atoms with Crippen LogP contribution in [0.2, 0.25) is 0 Å². The number of fused-ring (bicyclic) bond motifs is 1. The van der Waals surface area contributed by atoms with Gasteiger partial charge in [0.2, 0.25) is 11.2 Å². The van der Waals surface area contributed by atoms with Crippen LogP contribution >= 0.6 is 0 Å². The van der Waals surface area contributed by atoms with Crippen LogP contribution in [-0.4, -0.2) is 18.1 Å². The van der Waals surface area contributed by atoms with Crippen LogP contribution in [0.4, 0.5) is 4.79 Å². The third-order valence-corrected chi connectivity index (χ3v) is 5.07. The third kappa shape index (κ3) is 5.86. The van der Waals surface area contributed by atoms with Gasteiger partial charge in [0.25, 0.3) is 0 Å². The second-order valence-corrected chi connectivity index (χ2v) is 7.74. The van der Waals surface area contributed by atoms with Crippen molar-refractivity contribution in [1.29, 1.82) is 0 Å². The summed E-state index contributed by atoms with van der Waals surface area (Å²) < 4.78 is 21.9. The van der Waals surface area contributed by atoms with E-state index in [0.29, 0.717) is 5.75 Å². The van der Waals surface area contributed by atoms with Crippen molar-refractivity contribution in [3.05, 3.63) is 100 Å². The number of nitrogens with one attached hydrogen (secondary N) is 1. The fourth-order valence-corrected chi connectivity index (χ4v) is 3.26. The van der Waals surface area contributed by atoms with Gasteiger partial charge in [-0.1, -0.05) is 48.5 Å². The highest BCUT2D eigenvalue weighted by Crippen LogP contribution is 2.27. The van der Waals surface area contributed by atoms with Crippen LogP contribution in [0.15, 0.2) is 88.1 Å². The number of hydrogen-bond acceptors (Lipinski definition) is 7. The first kappa shape index (κ1) is 23.6. The molecule has 4 aromatic rings. The SMILES string of the molecule is Cc1oc2cc(OC(=O)[C@@H](C)NC(=O)OCc3ccccc3)ccc2c(=O)c1Oc1ccccc1. The van der Waals surface area contributed by atoms with E-state index in [2.05, 4.69) is 5.32 Å². The number of ether oxygens (including phenoxy) is 3. The van der Waals surface area contributed by atoms with Gasteiger partial charge in [-0.15, -0.1) is 0 Å². The molecule has 0 spiro atoms. The van der Waals surface area contributed by atoms with Gasteiger partial charge in [0, 0.05) is 6.07 Å². The van der Waals surface area contributed by atoms with Gasteiger partial charge in [-0.05, 0) is 43.7 Å². The number of carbonyl (C=O) groups excluding carboxylic acids is 2. The average Bonchev–Trinajstić information content (AvgIpc) is 2.86. The molecule has 8 heteroatoms. The van der Waals surface area contributed by atoms with Crippen molar-refractivity contribution < 1.29 is 28.2 Å². The molecule has 1 atom stereocenters. The Hall–Kier alpha value is -4.59. The van der Waals surface area contributed by atoms with Gasteiger partial charge in [-0.25, -0.2) is 9.59 Å². The zero-order chi connectivity index (χ0) is 24.8. The molecule has 35 heavy (non-hydrogen) atoms. The number of benzene rings is 3. The standard InChI is InChI=1S/C27H23NO7/c1-17(28-27(31)32-16-19-9-5-3-6-10-19)26(30)35-21-13-14-22-23(15-21)33-18(2)25(24(22)29)34-20-11-7-4-8-12-20/h3-15,17H,16H2,1-2H3,(H,28,31)/t17-/m1/s1. The van der Waals surface area contributed by atoms with Gasteiger partial charge < -0.3 is 23.9 Å². The summed E-state index contributed by atoms with van der Waals surface area (Å²) in [5.74, 6) is 0.333. The molecule has 0 aliphatic rings. The maximum atomic E-state index is 12.9. The first-order chi connectivity index (χ1) is 16.9. The molecule has 0 bridgehead atoms. The number of aryl methyl sites for hydroxylation is 1. The lowest BCUT2D eigenvalue weighted by Gasteiger charge is -2.14. The Morgan fingerprint density at radius 3 is 2.34 bits per heavy atom.